The number of anilines is 3. The van der Waals surface area contributed by atoms with Gasteiger partial charge in [0, 0.05) is 27.7 Å². The molecule has 1 heterocycles. The summed E-state index contributed by atoms with van der Waals surface area (Å²) in [5, 5.41) is 8.49. The molecule has 0 aliphatic rings. The van der Waals surface area contributed by atoms with Crippen molar-refractivity contribution < 1.29 is 4.79 Å². The molecule has 8 nitrogen and oxygen atoms in total. The fourth-order valence-corrected chi connectivity index (χ4v) is 1.21. The Labute approximate surface area is 113 Å². The molecule has 0 saturated heterocycles. The number of carbonyl (C=O) groups excluding carboxylic acids is 1. The number of hydrogen-bond acceptors (Lipinski definition) is 7. The maximum Gasteiger partial charge on any atom is 0.239 e. The molecule has 0 aliphatic heterocycles. The lowest BCUT2D eigenvalue weighted by molar-refractivity contribution is -0.118. The highest BCUT2D eigenvalue weighted by molar-refractivity contribution is 5.79. The second-order valence-electron chi connectivity index (χ2n) is 4.13. The molecule has 0 bridgehead atoms. The highest BCUT2D eigenvalue weighted by Crippen LogP contribution is 2.11. The van der Waals surface area contributed by atoms with Gasteiger partial charge in [0.1, 0.15) is 0 Å². The molecular weight excluding hydrogens is 246 g/mol. The van der Waals surface area contributed by atoms with E-state index in [0.29, 0.717) is 17.8 Å². The second-order valence-corrected chi connectivity index (χ2v) is 4.13. The molecule has 1 rings (SSSR count). The third kappa shape index (κ3) is 4.94. The predicted molar refractivity (Wildman–Crippen MR) is 75.5 cm³/mol. The van der Waals surface area contributed by atoms with Crippen molar-refractivity contribution in [2.75, 3.05) is 49.8 Å². The maximum atomic E-state index is 11.2. The first-order chi connectivity index (χ1) is 9.06. The standard InChI is InChI=1S/C11H21N7O/c1-5-6-13-9-15-10(14-7-8(19)12-2)17-11(16-9)18(3)4/h5-7H2,1-4H3,(H,12,19)(H2,13,14,15,16,17). The summed E-state index contributed by atoms with van der Waals surface area (Å²) in [7, 11) is 5.28. The number of nitrogens with zero attached hydrogens (tertiary/aromatic N) is 4. The SMILES string of the molecule is CCCNc1nc(NCC(=O)NC)nc(N(C)C)n1. The van der Waals surface area contributed by atoms with E-state index in [2.05, 4.69) is 37.8 Å². The number of aromatic nitrogens is 3. The highest BCUT2D eigenvalue weighted by Gasteiger charge is 2.08. The Morgan fingerprint density at radius 1 is 1.16 bits per heavy atom. The summed E-state index contributed by atoms with van der Waals surface area (Å²) in [5.74, 6) is 1.28. The minimum absolute atomic E-state index is 0.126. The molecule has 0 unspecified atom stereocenters. The smallest absolute Gasteiger partial charge is 0.239 e. The fourth-order valence-electron chi connectivity index (χ4n) is 1.21. The Kier molecular flexibility index (Phi) is 5.77. The Hall–Kier alpha value is -2.12. The van der Waals surface area contributed by atoms with Gasteiger partial charge in [-0.05, 0) is 6.42 Å². The molecule has 19 heavy (non-hydrogen) atoms. The lowest BCUT2D eigenvalue weighted by atomic mass is 10.5. The number of nitrogens with one attached hydrogen (secondary N) is 3. The molecule has 0 aliphatic carbocycles. The van der Waals surface area contributed by atoms with Crippen LogP contribution in [-0.2, 0) is 4.79 Å². The van der Waals surface area contributed by atoms with E-state index >= 15 is 0 Å². The van der Waals surface area contributed by atoms with Crippen LogP contribution in [0.4, 0.5) is 17.8 Å². The van der Waals surface area contributed by atoms with Crippen molar-refractivity contribution in [3.05, 3.63) is 0 Å². The summed E-state index contributed by atoms with van der Waals surface area (Å²) in [6, 6.07) is 0. The van der Waals surface area contributed by atoms with Gasteiger partial charge < -0.3 is 20.9 Å². The molecule has 1 aromatic rings. The molecular formula is C11H21N7O. The lowest BCUT2D eigenvalue weighted by Gasteiger charge is -2.13. The Morgan fingerprint density at radius 3 is 2.32 bits per heavy atom. The third-order valence-corrected chi connectivity index (χ3v) is 2.24. The van der Waals surface area contributed by atoms with Crippen LogP contribution in [-0.4, -0.2) is 55.1 Å². The van der Waals surface area contributed by atoms with E-state index in [1.54, 1.807) is 11.9 Å². The molecule has 1 aromatic heterocycles. The largest absolute Gasteiger partial charge is 0.358 e. The second kappa shape index (κ2) is 7.34. The van der Waals surface area contributed by atoms with Crippen LogP contribution in [0.3, 0.4) is 0 Å². The van der Waals surface area contributed by atoms with Crippen LogP contribution in [0.2, 0.25) is 0 Å². The highest BCUT2D eigenvalue weighted by atomic mass is 16.1. The lowest BCUT2D eigenvalue weighted by Crippen LogP contribution is -2.27. The topological polar surface area (TPSA) is 95.1 Å². The van der Waals surface area contributed by atoms with Crippen molar-refractivity contribution in [2.24, 2.45) is 0 Å². The monoisotopic (exact) mass is 267 g/mol. The Morgan fingerprint density at radius 2 is 1.79 bits per heavy atom. The first-order valence-corrected chi connectivity index (χ1v) is 6.18. The van der Waals surface area contributed by atoms with Gasteiger partial charge in [-0.15, -0.1) is 0 Å². The minimum atomic E-state index is -0.130. The molecule has 0 radical (unpaired) electrons. The molecule has 0 atom stereocenters. The summed E-state index contributed by atoms with van der Waals surface area (Å²) in [6.45, 7) is 2.97. The van der Waals surface area contributed by atoms with Crippen LogP contribution in [0, 0.1) is 0 Å². The van der Waals surface area contributed by atoms with E-state index < -0.39 is 0 Å². The number of amides is 1. The van der Waals surface area contributed by atoms with E-state index in [1.807, 2.05) is 14.1 Å². The van der Waals surface area contributed by atoms with E-state index in [-0.39, 0.29) is 12.5 Å². The van der Waals surface area contributed by atoms with Gasteiger partial charge in [-0.1, -0.05) is 6.92 Å². The van der Waals surface area contributed by atoms with Gasteiger partial charge in [0.2, 0.25) is 23.8 Å². The number of carbonyl (C=O) groups is 1. The average Bonchev–Trinajstić information content (AvgIpc) is 2.42. The first-order valence-electron chi connectivity index (χ1n) is 6.18. The van der Waals surface area contributed by atoms with Crippen molar-refractivity contribution >= 4 is 23.8 Å². The van der Waals surface area contributed by atoms with E-state index in [9.17, 15) is 4.79 Å². The number of likely N-dealkylation sites (N-methyl/N-ethyl adjacent to an activating group) is 1. The quantitative estimate of drug-likeness (QED) is 0.636. The molecule has 0 saturated carbocycles. The molecule has 0 spiro atoms. The number of rotatable bonds is 7. The first kappa shape index (κ1) is 14.9. The number of hydrogen-bond donors (Lipinski definition) is 3. The molecule has 0 aromatic carbocycles. The van der Waals surface area contributed by atoms with Crippen LogP contribution in [0.15, 0.2) is 0 Å². The summed E-state index contributed by atoms with van der Waals surface area (Å²) in [4.78, 5) is 25.7. The zero-order valence-corrected chi connectivity index (χ0v) is 11.8. The molecule has 8 heteroatoms. The van der Waals surface area contributed by atoms with E-state index in [1.165, 1.54) is 0 Å². The predicted octanol–water partition coefficient (Wildman–Crippen LogP) is -0.0826. The molecule has 1 amide bonds. The summed E-state index contributed by atoms with van der Waals surface area (Å²) >= 11 is 0. The van der Waals surface area contributed by atoms with Crippen LogP contribution >= 0.6 is 0 Å². The zero-order chi connectivity index (χ0) is 14.3. The van der Waals surface area contributed by atoms with Gasteiger partial charge in [-0.2, -0.15) is 15.0 Å². The van der Waals surface area contributed by atoms with Crippen LogP contribution in [0.1, 0.15) is 13.3 Å². The van der Waals surface area contributed by atoms with Crippen molar-refractivity contribution in [1.29, 1.82) is 0 Å². The van der Waals surface area contributed by atoms with Gasteiger partial charge in [0.05, 0.1) is 6.54 Å². The van der Waals surface area contributed by atoms with Crippen LogP contribution < -0.4 is 20.9 Å². The van der Waals surface area contributed by atoms with Gasteiger partial charge >= 0.3 is 0 Å². The Bertz CT molecular complexity index is 422. The van der Waals surface area contributed by atoms with Crippen molar-refractivity contribution in [2.45, 2.75) is 13.3 Å². The van der Waals surface area contributed by atoms with Crippen LogP contribution in [0.5, 0.6) is 0 Å². The fraction of sp³-hybridized carbons (Fsp3) is 0.636. The van der Waals surface area contributed by atoms with Crippen molar-refractivity contribution in [3.8, 4) is 0 Å². The summed E-state index contributed by atoms with van der Waals surface area (Å²) in [5.41, 5.74) is 0. The van der Waals surface area contributed by atoms with E-state index in [0.717, 1.165) is 13.0 Å². The summed E-state index contributed by atoms with van der Waals surface area (Å²) < 4.78 is 0. The molecule has 106 valence electrons. The average molecular weight is 267 g/mol. The summed E-state index contributed by atoms with van der Waals surface area (Å²) in [6.07, 6.45) is 0.976. The van der Waals surface area contributed by atoms with Gasteiger partial charge in [-0.25, -0.2) is 0 Å². The zero-order valence-electron chi connectivity index (χ0n) is 11.8. The van der Waals surface area contributed by atoms with Gasteiger partial charge in [-0.3, -0.25) is 4.79 Å². The molecule has 3 N–H and O–H groups in total. The maximum absolute atomic E-state index is 11.2. The third-order valence-electron chi connectivity index (χ3n) is 2.24. The minimum Gasteiger partial charge on any atom is -0.358 e. The van der Waals surface area contributed by atoms with Gasteiger partial charge in [0.25, 0.3) is 0 Å². The molecule has 0 fully saturated rings. The van der Waals surface area contributed by atoms with Crippen molar-refractivity contribution in [3.63, 3.8) is 0 Å². The van der Waals surface area contributed by atoms with Crippen molar-refractivity contribution in [1.82, 2.24) is 20.3 Å². The normalized spacial score (nSPS) is 9.89. The van der Waals surface area contributed by atoms with E-state index in [4.69, 9.17) is 0 Å². The van der Waals surface area contributed by atoms with Crippen LogP contribution in [0.25, 0.3) is 0 Å². The van der Waals surface area contributed by atoms with Gasteiger partial charge in [0.15, 0.2) is 0 Å². The Balaban J connectivity index is 2.83.